The molecule has 3 aromatic rings. The van der Waals surface area contributed by atoms with E-state index in [1.807, 2.05) is 30.3 Å². The molecule has 0 aliphatic rings. The number of hydrogen-bond donors (Lipinski definition) is 0. The zero-order valence-electron chi connectivity index (χ0n) is 10.3. The van der Waals surface area contributed by atoms with Gasteiger partial charge in [-0.05, 0) is 23.8 Å². The summed E-state index contributed by atoms with van der Waals surface area (Å²) in [5.41, 5.74) is 1.45. The molecule has 0 saturated carbocycles. The van der Waals surface area contributed by atoms with E-state index in [4.69, 9.17) is 23.2 Å². The van der Waals surface area contributed by atoms with E-state index < -0.39 is 5.56 Å². The minimum absolute atomic E-state index is 0.0101. The van der Waals surface area contributed by atoms with Crippen molar-refractivity contribution < 1.29 is 0 Å². The minimum Gasteiger partial charge on any atom is -0.266 e. The number of benzene rings is 1. The van der Waals surface area contributed by atoms with Crippen LogP contribution in [-0.2, 0) is 6.54 Å². The van der Waals surface area contributed by atoms with Crippen molar-refractivity contribution in [2.45, 2.75) is 6.54 Å². The molecule has 0 unspecified atom stereocenters. The Morgan fingerprint density at radius 2 is 2.05 bits per heavy atom. The van der Waals surface area contributed by atoms with Crippen LogP contribution in [0.3, 0.4) is 0 Å². The first-order valence-electron chi connectivity index (χ1n) is 5.90. The second-order valence-corrected chi connectivity index (χ2v) is 5.08. The van der Waals surface area contributed by atoms with Gasteiger partial charge in [-0.15, -0.1) is 0 Å². The number of nitrogens with zero attached hydrogens (tertiary/aromatic N) is 3. The Hall–Kier alpha value is -1.91. The van der Waals surface area contributed by atoms with Crippen LogP contribution >= 0.6 is 23.2 Å². The third kappa shape index (κ3) is 2.40. The molecule has 0 amide bonds. The van der Waals surface area contributed by atoms with Crippen molar-refractivity contribution in [3.05, 3.63) is 68.7 Å². The van der Waals surface area contributed by atoms with Gasteiger partial charge in [-0.3, -0.25) is 9.78 Å². The molecule has 0 N–H and O–H groups in total. The van der Waals surface area contributed by atoms with Gasteiger partial charge < -0.3 is 0 Å². The summed E-state index contributed by atoms with van der Waals surface area (Å²) in [6.45, 7) is 0.334. The largest absolute Gasteiger partial charge is 0.287 e. The van der Waals surface area contributed by atoms with Crippen LogP contribution in [0.15, 0.2) is 47.5 Å². The first-order chi connectivity index (χ1) is 9.65. The van der Waals surface area contributed by atoms with Gasteiger partial charge in [0.25, 0.3) is 5.56 Å². The van der Waals surface area contributed by atoms with Crippen molar-refractivity contribution in [3.8, 4) is 0 Å². The molecule has 6 heteroatoms. The summed E-state index contributed by atoms with van der Waals surface area (Å²) in [6, 6.07) is 9.63. The third-order valence-corrected chi connectivity index (χ3v) is 3.69. The molecule has 0 aliphatic carbocycles. The molecule has 100 valence electrons. The van der Waals surface area contributed by atoms with Crippen LogP contribution in [0, 0.1) is 0 Å². The number of fused-ring (bicyclic) bond motifs is 1. The molecular weight excluding hydrogens is 297 g/mol. The predicted molar refractivity (Wildman–Crippen MR) is 79.4 cm³/mol. The Morgan fingerprint density at radius 1 is 1.20 bits per heavy atom. The SMILES string of the molecule is O=c1c(Cl)c(Cl)cnn1Cc1ccc2ncccc2c1. The monoisotopic (exact) mass is 305 g/mol. The summed E-state index contributed by atoms with van der Waals surface area (Å²) in [7, 11) is 0. The molecule has 0 bridgehead atoms. The van der Waals surface area contributed by atoms with E-state index in [1.165, 1.54) is 10.9 Å². The lowest BCUT2D eigenvalue weighted by Gasteiger charge is -2.06. The number of aromatic nitrogens is 3. The molecule has 0 fully saturated rings. The zero-order chi connectivity index (χ0) is 14.1. The molecule has 0 aliphatic heterocycles. The third-order valence-electron chi connectivity index (χ3n) is 2.94. The lowest BCUT2D eigenvalue weighted by molar-refractivity contribution is 0.639. The van der Waals surface area contributed by atoms with Gasteiger partial charge in [0.1, 0.15) is 5.02 Å². The molecule has 3 rings (SSSR count). The van der Waals surface area contributed by atoms with Gasteiger partial charge in [0.15, 0.2) is 0 Å². The molecule has 0 saturated heterocycles. The van der Waals surface area contributed by atoms with Crippen molar-refractivity contribution in [1.82, 2.24) is 14.8 Å². The normalized spacial score (nSPS) is 10.9. The first-order valence-corrected chi connectivity index (χ1v) is 6.65. The number of halogens is 2. The Labute approximate surface area is 124 Å². The van der Waals surface area contributed by atoms with E-state index >= 15 is 0 Å². The smallest absolute Gasteiger partial charge is 0.266 e. The second kappa shape index (κ2) is 5.23. The predicted octanol–water partition coefficient (Wildman–Crippen LogP) is 3.15. The highest BCUT2D eigenvalue weighted by molar-refractivity contribution is 6.41. The van der Waals surface area contributed by atoms with Crippen molar-refractivity contribution in [2.75, 3.05) is 0 Å². The number of pyridine rings is 1. The summed E-state index contributed by atoms with van der Waals surface area (Å²) < 4.78 is 1.28. The molecule has 2 aromatic heterocycles. The van der Waals surface area contributed by atoms with Gasteiger partial charge in [-0.1, -0.05) is 35.3 Å². The van der Waals surface area contributed by atoms with Gasteiger partial charge in [-0.25, -0.2) is 4.68 Å². The standard InChI is InChI=1S/C14H9Cl2N3O/c15-11-7-18-19(14(20)13(11)16)8-9-3-4-12-10(6-9)2-1-5-17-12/h1-7H,8H2. The molecule has 1 aromatic carbocycles. The Kier molecular flexibility index (Phi) is 3.42. The maximum atomic E-state index is 11.9. The topological polar surface area (TPSA) is 47.8 Å². The van der Waals surface area contributed by atoms with Gasteiger partial charge in [0.2, 0.25) is 0 Å². The summed E-state index contributed by atoms with van der Waals surface area (Å²) in [5.74, 6) is 0. The number of hydrogen-bond acceptors (Lipinski definition) is 3. The van der Waals surface area contributed by atoms with E-state index in [0.29, 0.717) is 6.54 Å². The van der Waals surface area contributed by atoms with E-state index in [1.54, 1.807) is 6.20 Å². The molecule has 0 atom stereocenters. The average molecular weight is 306 g/mol. The molecule has 4 nitrogen and oxygen atoms in total. The summed E-state index contributed by atoms with van der Waals surface area (Å²) >= 11 is 11.6. The van der Waals surface area contributed by atoms with Gasteiger partial charge >= 0.3 is 0 Å². The van der Waals surface area contributed by atoms with Crippen LogP contribution in [0.4, 0.5) is 0 Å². The van der Waals surface area contributed by atoms with Crippen molar-refractivity contribution in [2.24, 2.45) is 0 Å². The van der Waals surface area contributed by atoms with Crippen molar-refractivity contribution >= 4 is 34.1 Å². The highest BCUT2D eigenvalue weighted by atomic mass is 35.5. The Bertz CT molecular complexity index is 845. The average Bonchev–Trinajstić information content (AvgIpc) is 2.48. The minimum atomic E-state index is -0.398. The lowest BCUT2D eigenvalue weighted by Crippen LogP contribution is -2.23. The molecule has 0 radical (unpaired) electrons. The second-order valence-electron chi connectivity index (χ2n) is 4.30. The fourth-order valence-electron chi connectivity index (χ4n) is 1.95. The molecule has 0 spiro atoms. The maximum Gasteiger partial charge on any atom is 0.287 e. The highest BCUT2D eigenvalue weighted by Gasteiger charge is 2.08. The van der Waals surface area contributed by atoms with E-state index in [9.17, 15) is 4.79 Å². The lowest BCUT2D eigenvalue weighted by atomic mass is 10.1. The first kappa shape index (κ1) is 13.1. The summed E-state index contributed by atoms with van der Waals surface area (Å²) in [5, 5.41) is 5.15. The van der Waals surface area contributed by atoms with Gasteiger partial charge in [-0.2, -0.15) is 5.10 Å². The molecule has 2 heterocycles. The van der Waals surface area contributed by atoms with E-state index in [0.717, 1.165) is 16.5 Å². The van der Waals surface area contributed by atoms with Crippen LogP contribution in [0.5, 0.6) is 0 Å². The van der Waals surface area contributed by atoms with Crippen LogP contribution in [-0.4, -0.2) is 14.8 Å². The number of rotatable bonds is 2. The Balaban J connectivity index is 2.01. The van der Waals surface area contributed by atoms with Gasteiger partial charge in [0, 0.05) is 11.6 Å². The van der Waals surface area contributed by atoms with Gasteiger partial charge in [0.05, 0.1) is 23.3 Å². The van der Waals surface area contributed by atoms with Crippen LogP contribution in [0.2, 0.25) is 10.0 Å². The highest BCUT2D eigenvalue weighted by Crippen LogP contribution is 2.16. The van der Waals surface area contributed by atoms with Crippen molar-refractivity contribution in [1.29, 1.82) is 0 Å². The van der Waals surface area contributed by atoms with Crippen LogP contribution in [0.1, 0.15) is 5.56 Å². The van der Waals surface area contributed by atoms with E-state index in [-0.39, 0.29) is 10.0 Å². The molecule has 20 heavy (non-hydrogen) atoms. The fourth-order valence-corrected chi connectivity index (χ4v) is 2.22. The van der Waals surface area contributed by atoms with E-state index in [2.05, 4.69) is 10.1 Å². The summed E-state index contributed by atoms with van der Waals surface area (Å²) in [6.07, 6.45) is 3.11. The molecular formula is C14H9Cl2N3O. The van der Waals surface area contributed by atoms with Crippen LogP contribution in [0.25, 0.3) is 10.9 Å². The zero-order valence-corrected chi connectivity index (χ0v) is 11.8. The fraction of sp³-hybridized carbons (Fsp3) is 0.0714. The quantitative estimate of drug-likeness (QED) is 0.731. The Morgan fingerprint density at radius 3 is 2.90 bits per heavy atom. The summed E-state index contributed by atoms with van der Waals surface area (Å²) in [4.78, 5) is 16.2. The van der Waals surface area contributed by atoms with Crippen LogP contribution < -0.4 is 5.56 Å². The van der Waals surface area contributed by atoms with Crippen molar-refractivity contribution in [3.63, 3.8) is 0 Å². The maximum absolute atomic E-state index is 11.9.